The van der Waals surface area contributed by atoms with Gasteiger partial charge in [0.15, 0.2) is 0 Å². The smallest absolute Gasteiger partial charge is 0.340 e. The number of benzene rings is 1. The Hall–Kier alpha value is -1.04. The van der Waals surface area contributed by atoms with Crippen LogP contribution in [0.25, 0.3) is 0 Å². The standard InChI is InChI=1S/C13H15BrF3NO/c1-12(2,14)11(19)18(3)8-9-4-6-10(7-5-9)13(15,16)17/h4-7H,8H2,1-3H3. The van der Waals surface area contributed by atoms with E-state index in [1.807, 2.05) is 0 Å². The van der Waals surface area contributed by atoms with Crippen LogP contribution in [-0.2, 0) is 17.5 Å². The highest BCUT2D eigenvalue weighted by Crippen LogP contribution is 2.29. The molecule has 0 unspecified atom stereocenters. The van der Waals surface area contributed by atoms with Crippen molar-refractivity contribution in [1.29, 1.82) is 0 Å². The quantitative estimate of drug-likeness (QED) is 0.767. The molecule has 0 aromatic heterocycles. The van der Waals surface area contributed by atoms with Crippen molar-refractivity contribution < 1.29 is 18.0 Å². The fraction of sp³-hybridized carbons (Fsp3) is 0.462. The van der Waals surface area contributed by atoms with Crippen LogP contribution >= 0.6 is 15.9 Å². The van der Waals surface area contributed by atoms with E-state index in [-0.39, 0.29) is 12.5 Å². The van der Waals surface area contributed by atoms with Crippen LogP contribution in [0.2, 0.25) is 0 Å². The fourth-order valence-electron chi connectivity index (χ4n) is 1.60. The maximum absolute atomic E-state index is 12.4. The van der Waals surface area contributed by atoms with Crippen molar-refractivity contribution in [2.75, 3.05) is 7.05 Å². The van der Waals surface area contributed by atoms with Crippen LogP contribution in [0.1, 0.15) is 25.0 Å². The zero-order valence-electron chi connectivity index (χ0n) is 10.9. The average Bonchev–Trinajstić information content (AvgIpc) is 2.26. The van der Waals surface area contributed by atoms with Gasteiger partial charge in [0.1, 0.15) is 0 Å². The van der Waals surface area contributed by atoms with E-state index in [0.29, 0.717) is 5.56 Å². The molecule has 0 aliphatic rings. The van der Waals surface area contributed by atoms with Crippen LogP contribution in [0.4, 0.5) is 13.2 Å². The van der Waals surface area contributed by atoms with E-state index in [2.05, 4.69) is 15.9 Å². The van der Waals surface area contributed by atoms with Crippen molar-refractivity contribution in [2.24, 2.45) is 0 Å². The first kappa shape index (κ1) is 16.0. The molecule has 0 heterocycles. The Morgan fingerprint density at radius 3 is 2.05 bits per heavy atom. The highest BCUT2D eigenvalue weighted by Gasteiger charge is 2.30. The summed E-state index contributed by atoms with van der Waals surface area (Å²) in [4.78, 5) is 13.4. The van der Waals surface area contributed by atoms with Crippen molar-refractivity contribution in [2.45, 2.75) is 30.9 Å². The van der Waals surface area contributed by atoms with Crippen molar-refractivity contribution >= 4 is 21.8 Å². The molecule has 0 atom stereocenters. The third kappa shape index (κ3) is 4.53. The highest BCUT2D eigenvalue weighted by atomic mass is 79.9. The molecule has 0 aliphatic carbocycles. The number of rotatable bonds is 3. The van der Waals surface area contributed by atoms with Crippen molar-refractivity contribution in [3.05, 3.63) is 35.4 Å². The summed E-state index contributed by atoms with van der Waals surface area (Å²) in [5.74, 6) is -0.132. The van der Waals surface area contributed by atoms with Gasteiger partial charge in [-0.2, -0.15) is 13.2 Å². The normalized spacial score (nSPS) is 12.4. The SMILES string of the molecule is CN(Cc1ccc(C(F)(F)F)cc1)C(=O)C(C)(C)Br. The summed E-state index contributed by atoms with van der Waals surface area (Å²) in [5.41, 5.74) is -0.0355. The molecular weight excluding hydrogens is 323 g/mol. The van der Waals surface area contributed by atoms with Crippen LogP contribution in [0.3, 0.4) is 0 Å². The molecule has 19 heavy (non-hydrogen) atoms. The summed E-state index contributed by atoms with van der Waals surface area (Å²) >= 11 is 3.26. The maximum Gasteiger partial charge on any atom is 0.416 e. The predicted molar refractivity (Wildman–Crippen MR) is 70.9 cm³/mol. The number of alkyl halides is 4. The molecule has 1 aromatic carbocycles. The topological polar surface area (TPSA) is 20.3 Å². The molecule has 1 rings (SSSR count). The van der Waals surface area contributed by atoms with Gasteiger partial charge in [0.2, 0.25) is 5.91 Å². The molecule has 0 N–H and O–H groups in total. The average molecular weight is 338 g/mol. The summed E-state index contributed by atoms with van der Waals surface area (Å²) in [6.45, 7) is 3.71. The van der Waals surface area contributed by atoms with E-state index in [9.17, 15) is 18.0 Å². The summed E-state index contributed by atoms with van der Waals surface area (Å²) in [7, 11) is 1.61. The second kappa shape index (κ2) is 5.53. The van der Waals surface area contributed by atoms with E-state index >= 15 is 0 Å². The molecule has 106 valence electrons. The molecule has 2 nitrogen and oxygen atoms in total. The Morgan fingerprint density at radius 2 is 1.68 bits per heavy atom. The number of carbonyl (C=O) groups excluding carboxylic acids is 1. The Balaban J connectivity index is 2.77. The second-order valence-electron chi connectivity index (χ2n) is 4.83. The van der Waals surface area contributed by atoms with Gasteiger partial charge in [-0.1, -0.05) is 28.1 Å². The first-order valence-corrected chi connectivity index (χ1v) is 6.42. The van der Waals surface area contributed by atoms with E-state index in [1.54, 1.807) is 20.9 Å². The van der Waals surface area contributed by atoms with Gasteiger partial charge in [-0.3, -0.25) is 4.79 Å². The molecule has 6 heteroatoms. The Kier molecular flexibility index (Phi) is 4.66. The monoisotopic (exact) mass is 337 g/mol. The number of nitrogens with zero attached hydrogens (tertiary/aromatic N) is 1. The van der Waals surface area contributed by atoms with Gasteiger partial charge in [-0.15, -0.1) is 0 Å². The molecule has 1 amide bonds. The van der Waals surface area contributed by atoms with Crippen LogP contribution in [-0.4, -0.2) is 22.2 Å². The highest BCUT2D eigenvalue weighted by molar-refractivity contribution is 9.10. The van der Waals surface area contributed by atoms with Gasteiger partial charge in [0.05, 0.1) is 9.89 Å². The van der Waals surface area contributed by atoms with Crippen molar-refractivity contribution in [1.82, 2.24) is 4.90 Å². The number of hydrogen-bond acceptors (Lipinski definition) is 1. The van der Waals surface area contributed by atoms with Crippen LogP contribution in [0.15, 0.2) is 24.3 Å². The maximum atomic E-state index is 12.4. The lowest BCUT2D eigenvalue weighted by Crippen LogP contribution is -2.38. The largest absolute Gasteiger partial charge is 0.416 e. The lowest BCUT2D eigenvalue weighted by molar-refractivity contribution is -0.137. The van der Waals surface area contributed by atoms with E-state index in [1.165, 1.54) is 17.0 Å². The fourth-order valence-corrected chi connectivity index (χ4v) is 1.90. The molecule has 0 saturated carbocycles. The van der Waals surface area contributed by atoms with Crippen molar-refractivity contribution in [3.63, 3.8) is 0 Å². The van der Waals surface area contributed by atoms with Crippen molar-refractivity contribution in [3.8, 4) is 0 Å². The summed E-state index contributed by atoms with van der Waals surface area (Å²) < 4.78 is 36.5. The third-order valence-corrected chi connectivity index (χ3v) is 2.90. The summed E-state index contributed by atoms with van der Waals surface area (Å²) in [6.07, 6.45) is -4.34. The molecule has 0 spiro atoms. The minimum absolute atomic E-state index is 0.132. The lowest BCUT2D eigenvalue weighted by atomic mass is 10.1. The Labute approximate surface area is 118 Å². The van der Waals surface area contributed by atoms with E-state index < -0.39 is 16.1 Å². The van der Waals surface area contributed by atoms with Crippen LogP contribution in [0.5, 0.6) is 0 Å². The summed E-state index contributed by atoms with van der Waals surface area (Å²) in [5, 5.41) is 0. The second-order valence-corrected chi connectivity index (χ2v) is 6.81. The first-order chi connectivity index (χ1) is 8.51. The lowest BCUT2D eigenvalue weighted by Gasteiger charge is -2.24. The van der Waals surface area contributed by atoms with Gasteiger partial charge >= 0.3 is 6.18 Å². The van der Waals surface area contributed by atoms with Crippen LogP contribution in [0, 0.1) is 0 Å². The number of hydrogen-bond donors (Lipinski definition) is 0. The van der Waals surface area contributed by atoms with Gasteiger partial charge in [0.25, 0.3) is 0 Å². The molecule has 0 radical (unpaired) electrons. The van der Waals surface area contributed by atoms with Gasteiger partial charge in [0, 0.05) is 13.6 Å². The van der Waals surface area contributed by atoms with Crippen LogP contribution < -0.4 is 0 Å². The Bertz CT molecular complexity index is 448. The minimum Gasteiger partial charge on any atom is -0.340 e. The number of amides is 1. The predicted octanol–water partition coefficient (Wildman–Crippen LogP) is 3.84. The zero-order chi connectivity index (χ0) is 14.8. The zero-order valence-corrected chi connectivity index (χ0v) is 12.5. The minimum atomic E-state index is -4.34. The third-order valence-electron chi connectivity index (χ3n) is 2.56. The molecule has 0 saturated heterocycles. The molecule has 0 aliphatic heterocycles. The Morgan fingerprint density at radius 1 is 1.21 bits per heavy atom. The molecule has 0 fully saturated rings. The first-order valence-electron chi connectivity index (χ1n) is 5.62. The van der Waals surface area contributed by atoms with E-state index in [4.69, 9.17) is 0 Å². The van der Waals surface area contributed by atoms with Gasteiger partial charge in [-0.25, -0.2) is 0 Å². The molecule has 0 bridgehead atoms. The van der Waals surface area contributed by atoms with Gasteiger partial charge < -0.3 is 4.90 Å². The molecule has 1 aromatic rings. The molecular formula is C13H15BrF3NO. The van der Waals surface area contributed by atoms with Gasteiger partial charge in [-0.05, 0) is 31.5 Å². The summed E-state index contributed by atoms with van der Waals surface area (Å²) in [6, 6.07) is 4.81. The van der Waals surface area contributed by atoms with E-state index in [0.717, 1.165) is 12.1 Å². The number of carbonyl (C=O) groups is 1. The number of halogens is 4.